The van der Waals surface area contributed by atoms with Gasteiger partial charge in [-0.1, -0.05) is 51.1 Å². The molecule has 1 N–H and O–H groups in total. The zero-order chi connectivity index (χ0) is 19.4. The number of hydrogen-bond donors (Lipinski definition) is 1. The number of hydrogen-bond acceptors (Lipinski definition) is 3. The Morgan fingerprint density at radius 1 is 0.885 bits per heavy atom. The van der Waals surface area contributed by atoms with Gasteiger partial charge in [0.15, 0.2) is 5.78 Å². The average Bonchev–Trinajstić information content (AvgIpc) is 2.54. The maximum Gasteiger partial charge on any atom is 0.155 e. The molecule has 2 aromatic carbocycles. The van der Waals surface area contributed by atoms with E-state index in [1.807, 2.05) is 75.4 Å². The molecule has 0 spiro atoms. The van der Waals surface area contributed by atoms with Gasteiger partial charge in [0.25, 0.3) is 0 Å². The number of carbonyl (C=O) groups excluding carboxylic acids is 1. The summed E-state index contributed by atoms with van der Waals surface area (Å²) in [6.07, 6.45) is 0.666. The van der Waals surface area contributed by atoms with Gasteiger partial charge in [-0.3, -0.25) is 4.79 Å². The third-order valence-electron chi connectivity index (χ3n) is 4.01. The number of para-hydroxylation sites is 1. The Hall–Kier alpha value is -2.13. The van der Waals surface area contributed by atoms with Gasteiger partial charge in [0, 0.05) is 11.0 Å². The van der Waals surface area contributed by atoms with Crippen LogP contribution in [0.5, 0.6) is 11.5 Å². The number of carbonyl (C=O) groups is 1. The van der Waals surface area contributed by atoms with Crippen molar-refractivity contribution in [2.75, 3.05) is 0 Å². The molecule has 0 saturated heterocycles. The molecule has 26 heavy (non-hydrogen) atoms. The molecule has 0 aliphatic heterocycles. The second-order valence-electron chi connectivity index (χ2n) is 8.82. The zero-order valence-electron chi connectivity index (χ0n) is 16.8. The monoisotopic (exact) mass is 353 g/mol. The zero-order valence-corrected chi connectivity index (χ0v) is 16.8. The molecule has 0 saturated carbocycles. The minimum absolute atomic E-state index is 0.123. The molecular formula is C23H31NO2. The van der Waals surface area contributed by atoms with Crippen LogP contribution in [-0.4, -0.2) is 17.4 Å². The molecule has 0 amide bonds. The summed E-state index contributed by atoms with van der Waals surface area (Å²) < 4.78 is 5.84. The molecule has 0 aromatic heterocycles. The van der Waals surface area contributed by atoms with E-state index in [2.05, 4.69) is 26.1 Å². The Morgan fingerprint density at radius 2 is 1.42 bits per heavy atom. The fourth-order valence-electron chi connectivity index (χ4n) is 2.81. The van der Waals surface area contributed by atoms with Crippen LogP contribution in [0.3, 0.4) is 0 Å². The first-order valence-corrected chi connectivity index (χ1v) is 9.18. The van der Waals surface area contributed by atoms with E-state index in [9.17, 15) is 4.79 Å². The smallest absolute Gasteiger partial charge is 0.155 e. The molecule has 0 aliphatic rings. The molecule has 0 unspecified atom stereocenters. The van der Waals surface area contributed by atoms with Gasteiger partial charge in [-0.05, 0) is 57.0 Å². The van der Waals surface area contributed by atoms with Crippen LogP contribution in [0, 0.1) is 5.41 Å². The van der Waals surface area contributed by atoms with Crippen molar-refractivity contribution < 1.29 is 9.53 Å². The van der Waals surface area contributed by atoms with Crippen LogP contribution in [-0.2, 0) is 11.2 Å². The van der Waals surface area contributed by atoms with Crippen LogP contribution >= 0.6 is 0 Å². The Balaban J connectivity index is 2.11. The van der Waals surface area contributed by atoms with Crippen molar-refractivity contribution in [3.63, 3.8) is 0 Å². The molecule has 0 aliphatic carbocycles. The summed E-state index contributed by atoms with van der Waals surface area (Å²) in [7, 11) is 0. The number of ether oxygens (including phenoxy) is 1. The number of Topliss-reactive ketones (excluding diaryl/α,β-unsaturated/α-hetero) is 1. The van der Waals surface area contributed by atoms with Gasteiger partial charge in [-0.25, -0.2) is 0 Å². The Morgan fingerprint density at radius 3 is 1.92 bits per heavy atom. The van der Waals surface area contributed by atoms with Crippen molar-refractivity contribution >= 4 is 5.78 Å². The van der Waals surface area contributed by atoms with Crippen molar-refractivity contribution in [2.45, 2.75) is 59.5 Å². The highest BCUT2D eigenvalue weighted by Gasteiger charge is 2.31. The summed E-state index contributed by atoms with van der Waals surface area (Å²) in [4.78, 5) is 12.9. The molecular weight excluding hydrogens is 322 g/mol. The predicted octanol–water partition coefficient (Wildman–Crippen LogP) is 5.39. The lowest BCUT2D eigenvalue weighted by Crippen LogP contribution is -2.51. The van der Waals surface area contributed by atoms with Gasteiger partial charge in [-0.2, -0.15) is 0 Å². The Kier molecular flexibility index (Phi) is 6.25. The van der Waals surface area contributed by atoms with Crippen molar-refractivity contribution in [3.05, 3.63) is 60.2 Å². The highest BCUT2D eigenvalue weighted by molar-refractivity contribution is 5.89. The summed E-state index contributed by atoms with van der Waals surface area (Å²) >= 11 is 0. The summed E-state index contributed by atoms with van der Waals surface area (Å²) in [5, 5.41) is 3.48. The van der Waals surface area contributed by atoms with Gasteiger partial charge in [-0.15, -0.1) is 0 Å². The van der Waals surface area contributed by atoms with E-state index < -0.39 is 0 Å². The number of rotatable bonds is 6. The van der Waals surface area contributed by atoms with E-state index in [1.54, 1.807) is 0 Å². The number of benzene rings is 2. The molecule has 0 heterocycles. The van der Waals surface area contributed by atoms with E-state index >= 15 is 0 Å². The Labute approximate surface area is 157 Å². The lowest BCUT2D eigenvalue weighted by molar-refractivity contribution is -0.128. The van der Waals surface area contributed by atoms with Crippen molar-refractivity contribution in [3.8, 4) is 11.5 Å². The van der Waals surface area contributed by atoms with Gasteiger partial charge < -0.3 is 10.1 Å². The van der Waals surface area contributed by atoms with Crippen molar-refractivity contribution in [1.29, 1.82) is 0 Å². The fraction of sp³-hybridized carbons (Fsp3) is 0.435. The first kappa shape index (κ1) is 20.2. The molecule has 0 radical (unpaired) electrons. The van der Waals surface area contributed by atoms with Gasteiger partial charge in [0.1, 0.15) is 11.5 Å². The summed E-state index contributed by atoms with van der Waals surface area (Å²) in [6.45, 7) is 12.2. The maximum absolute atomic E-state index is 12.9. The Bertz CT molecular complexity index is 707. The van der Waals surface area contributed by atoms with E-state index in [1.165, 1.54) is 0 Å². The largest absolute Gasteiger partial charge is 0.457 e. The summed E-state index contributed by atoms with van der Waals surface area (Å²) in [5.41, 5.74) is 0.617. The molecule has 3 heteroatoms. The molecule has 3 nitrogen and oxygen atoms in total. The van der Waals surface area contributed by atoms with E-state index in [0.29, 0.717) is 6.42 Å². The van der Waals surface area contributed by atoms with Crippen LogP contribution in [0.15, 0.2) is 54.6 Å². The van der Waals surface area contributed by atoms with Crippen molar-refractivity contribution in [1.82, 2.24) is 5.32 Å². The maximum atomic E-state index is 12.9. The molecule has 1 atom stereocenters. The lowest BCUT2D eigenvalue weighted by Gasteiger charge is -2.32. The molecule has 140 valence electrons. The van der Waals surface area contributed by atoms with E-state index in [4.69, 9.17) is 4.74 Å². The molecule has 2 rings (SSSR count). The molecule has 0 fully saturated rings. The van der Waals surface area contributed by atoms with Gasteiger partial charge in [0.2, 0.25) is 0 Å². The highest BCUT2D eigenvalue weighted by Crippen LogP contribution is 2.24. The number of nitrogens with one attached hydrogen (secondary N) is 1. The summed E-state index contributed by atoms with van der Waals surface area (Å²) in [6, 6.07) is 17.5. The average molecular weight is 354 g/mol. The van der Waals surface area contributed by atoms with E-state index in [0.717, 1.165) is 17.1 Å². The van der Waals surface area contributed by atoms with E-state index in [-0.39, 0.29) is 22.8 Å². The minimum atomic E-state index is -0.376. The second kappa shape index (κ2) is 8.05. The fourth-order valence-corrected chi connectivity index (χ4v) is 2.81. The quantitative estimate of drug-likeness (QED) is 0.756. The van der Waals surface area contributed by atoms with Crippen LogP contribution in [0.4, 0.5) is 0 Å². The van der Waals surface area contributed by atoms with Crippen LogP contribution < -0.4 is 10.1 Å². The predicted molar refractivity (Wildman–Crippen MR) is 108 cm³/mol. The standard InChI is InChI=1S/C23H31NO2/c1-22(2,3)21(25)20(24-23(4,5)6)16-17-12-14-19(15-13-17)26-18-10-8-7-9-11-18/h7-15,20,24H,16H2,1-6H3/t20-/m1/s1. The second-order valence-corrected chi connectivity index (χ2v) is 8.82. The highest BCUT2D eigenvalue weighted by atomic mass is 16.5. The van der Waals surface area contributed by atoms with Gasteiger partial charge in [0.05, 0.1) is 6.04 Å². The summed E-state index contributed by atoms with van der Waals surface area (Å²) in [5.74, 6) is 1.84. The molecule has 0 bridgehead atoms. The molecule has 2 aromatic rings. The lowest BCUT2D eigenvalue weighted by atomic mass is 9.83. The SMILES string of the molecule is CC(C)(C)N[C@H](Cc1ccc(Oc2ccccc2)cc1)C(=O)C(C)(C)C. The normalized spacial score (nSPS) is 13.3. The third kappa shape index (κ3) is 6.30. The topological polar surface area (TPSA) is 38.3 Å². The van der Waals surface area contributed by atoms with Crippen molar-refractivity contribution in [2.24, 2.45) is 5.41 Å². The number of ketones is 1. The van der Waals surface area contributed by atoms with Crippen LogP contribution in [0.2, 0.25) is 0 Å². The third-order valence-corrected chi connectivity index (χ3v) is 4.01. The van der Waals surface area contributed by atoms with Crippen LogP contribution in [0.25, 0.3) is 0 Å². The van der Waals surface area contributed by atoms with Gasteiger partial charge >= 0.3 is 0 Å². The first-order valence-electron chi connectivity index (χ1n) is 9.18. The first-order chi connectivity index (χ1) is 12.0. The van der Waals surface area contributed by atoms with Crippen LogP contribution in [0.1, 0.15) is 47.1 Å². The minimum Gasteiger partial charge on any atom is -0.457 e.